The van der Waals surface area contributed by atoms with Crippen molar-refractivity contribution in [3.05, 3.63) is 0 Å². The number of unbranched alkanes of at least 4 members (excludes halogenated alkanes) is 8. The minimum atomic E-state index is -1.55. The molecule has 0 bridgehead atoms. The lowest BCUT2D eigenvalue weighted by Crippen LogP contribution is -2.63. The van der Waals surface area contributed by atoms with Gasteiger partial charge < -0.3 is 52.8 Å². The summed E-state index contributed by atoms with van der Waals surface area (Å²) < 4.78 is 52.4. The number of carbonyl (C=O) groups excluding carboxylic acids is 2. The third kappa shape index (κ3) is 11.8. The van der Waals surface area contributed by atoms with Crippen LogP contribution in [0.2, 0.25) is 0 Å². The molecule has 0 aromatic carbocycles. The topological polar surface area (TPSA) is 158 Å². The molecule has 0 aromatic rings. The molecule has 3 rings (SSSR count). The lowest BCUT2D eigenvalue weighted by atomic mass is 9.82. The molecule has 2 N–H and O–H groups in total. The zero-order valence-electron chi connectivity index (χ0n) is 30.1. The van der Waals surface area contributed by atoms with Gasteiger partial charge in [0.15, 0.2) is 37.2 Å². The molecular weight excluding hydrogens is 628 g/mol. The highest BCUT2D eigenvalue weighted by molar-refractivity contribution is 5.71. The molecule has 0 aliphatic carbocycles. The summed E-state index contributed by atoms with van der Waals surface area (Å²) in [7, 11) is 2.78. The summed E-state index contributed by atoms with van der Waals surface area (Å²) in [6.45, 7) is 9.40. The standard InChI is InChI=1S/C35H62O13/c1-8-9-10-11-12-13-14-15-16-17-26-42-20-25-28(45-26)23(18-21(2)3)29(33(40-6)44-25)47-35(39)48-30-27(37)24(19-36)43-34(41-7)31(30)46-32(38)22(4)5/h21-31,33-34,36-37H,8-20H2,1-7H3/t23-,24?,25?,26?,27+,28-,29?,30-,31?,33-,34-/m0/s1. The molecule has 3 fully saturated rings. The number of esters is 1. The lowest BCUT2D eigenvalue weighted by molar-refractivity contribution is -0.351. The maximum Gasteiger partial charge on any atom is 0.509 e. The van der Waals surface area contributed by atoms with Crippen LogP contribution in [0.1, 0.15) is 105 Å². The number of methoxy groups -OCH3 is 2. The van der Waals surface area contributed by atoms with Crippen molar-refractivity contribution in [1.82, 2.24) is 0 Å². The van der Waals surface area contributed by atoms with Gasteiger partial charge in [0.2, 0.25) is 0 Å². The quantitative estimate of drug-likeness (QED) is 0.140. The Kier molecular flexibility index (Phi) is 17.8. The van der Waals surface area contributed by atoms with Crippen molar-refractivity contribution in [3.8, 4) is 0 Å². The SMILES string of the molecule is CCCCCCCCCCCC1OCC2O[C@H](OC)C(OC(=O)O[C@@H]3C(OC(=O)C(C)C)[C@@H](OC)OC(CO)[C@H]3O)[C@@H](CC(C)C)[C@@H]2O1. The fourth-order valence-electron chi connectivity index (χ4n) is 6.66. The Morgan fingerprint density at radius 1 is 0.792 bits per heavy atom. The molecule has 0 radical (unpaired) electrons. The average Bonchev–Trinajstić information content (AvgIpc) is 3.06. The average molecular weight is 691 g/mol. The summed E-state index contributed by atoms with van der Waals surface area (Å²) in [4.78, 5) is 26.0. The van der Waals surface area contributed by atoms with Crippen LogP contribution in [-0.4, -0.2) is 111 Å². The van der Waals surface area contributed by atoms with Crippen LogP contribution < -0.4 is 0 Å². The summed E-state index contributed by atoms with van der Waals surface area (Å²) in [5.41, 5.74) is 0. The van der Waals surface area contributed by atoms with Crippen LogP contribution in [0.4, 0.5) is 4.79 Å². The minimum absolute atomic E-state index is 0.223. The molecule has 11 atom stereocenters. The number of ether oxygens (including phenoxy) is 9. The van der Waals surface area contributed by atoms with E-state index >= 15 is 0 Å². The van der Waals surface area contributed by atoms with Crippen molar-refractivity contribution in [1.29, 1.82) is 0 Å². The Morgan fingerprint density at radius 2 is 1.40 bits per heavy atom. The highest BCUT2D eigenvalue weighted by Crippen LogP contribution is 2.39. The lowest BCUT2D eigenvalue weighted by Gasteiger charge is -2.49. The van der Waals surface area contributed by atoms with Crippen LogP contribution in [0.25, 0.3) is 0 Å². The highest BCUT2D eigenvalue weighted by atomic mass is 16.8. The molecule has 3 aliphatic rings. The van der Waals surface area contributed by atoms with E-state index in [2.05, 4.69) is 20.8 Å². The van der Waals surface area contributed by atoms with Crippen LogP contribution in [-0.2, 0) is 47.4 Å². The molecule has 280 valence electrons. The van der Waals surface area contributed by atoms with E-state index in [0.717, 1.165) is 19.3 Å². The molecule has 0 saturated carbocycles. The van der Waals surface area contributed by atoms with E-state index in [9.17, 15) is 19.8 Å². The van der Waals surface area contributed by atoms with Crippen molar-refractivity contribution >= 4 is 12.1 Å². The summed E-state index contributed by atoms with van der Waals surface area (Å²) >= 11 is 0. The maximum absolute atomic E-state index is 13.5. The molecule has 5 unspecified atom stereocenters. The zero-order chi connectivity index (χ0) is 35.2. The monoisotopic (exact) mass is 690 g/mol. The van der Waals surface area contributed by atoms with Gasteiger partial charge in [0, 0.05) is 20.1 Å². The number of aliphatic hydroxyl groups is 2. The Bertz CT molecular complexity index is 932. The molecule has 0 amide bonds. The number of aliphatic hydroxyl groups excluding tert-OH is 2. The minimum Gasteiger partial charge on any atom is -0.453 e. The van der Waals surface area contributed by atoms with E-state index in [1.54, 1.807) is 13.8 Å². The van der Waals surface area contributed by atoms with E-state index in [1.807, 2.05) is 0 Å². The number of carbonyl (C=O) groups is 2. The first-order valence-electron chi connectivity index (χ1n) is 18.0. The van der Waals surface area contributed by atoms with E-state index in [-0.39, 0.29) is 11.8 Å². The van der Waals surface area contributed by atoms with Crippen molar-refractivity contribution in [2.75, 3.05) is 27.4 Å². The van der Waals surface area contributed by atoms with Gasteiger partial charge in [-0.1, -0.05) is 86.0 Å². The van der Waals surface area contributed by atoms with Gasteiger partial charge in [-0.25, -0.2) is 4.79 Å². The first-order chi connectivity index (χ1) is 23.0. The second kappa shape index (κ2) is 20.9. The highest BCUT2D eigenvalue weighted by Gasteiger charge is 2.54. The fraction of sp³-hybridized carbons (Fsp3) is 0.943. The molecule has 0 aromatic heterocycles. The van der Waals surface area contributed by atoms with Crippen molar-refractivity contribution in [2.24, 2.45) is 17.8 Å². The van der Waals surface area contributed by atoms with Gasteiger partial charge in [0.05, 0.1) is 25.2 Å². The van der Waals surface area contributed by atoms with E-state index in [0.29, 0.717) is 13.0 Å². The third-order valence-corrected chi connectivity index (χ3v) is 9.28. The first-order valence-corrected chi connectivity index (χ1v) is 18.0. The first kappa shape index (κ1) is 40.8. The molecule has 3 aliphatic heterocycles. The summed E-state index contributed by atoms with van der Waals surface area (Å²) in [6.07, 6.45) is 1.50. The van der Waals surface area contributed by atoms with Gasteiger partial charge in [-0.3, -0.25) is 4.79 Å². The summed E-state index contributed by atoms with van der Waals surface area (Å²) in [5.74, 6) is -1.22. The third-order valence-electron chi connectivity index (χ3n) is 9.28. The van der Waals surface area contributed by atoms with Crippen LogP contribution >= 0.6 is 0 Å². The van der Waals surface area contributed by atoms with Crippen LogP contribution in [0, 0.1) is 17.8 Å². The van der Waals surface area contributed by atoms with Crippen LogP contribution in [0.15, 0.2) is 0 Å². The number of hydrogen-bond donors (Lipinski definition) is 2. The van der Waals surface area contributed by atoms with Gasteiger partial charge in [0.1, 0.15) is 18.3 Å². The van der Waals surface area contributed by atoms with Gasteiger partial charge >= 0.3 is 12.1 Å². The van der Waals surface area contributed by atoms with Crippen LogP contribution in [0.3, 0.4) is 0 Å². The van der Waals surface area contributed by atoms with Gasteiger partial charge in [-0.15, -0.1) is 0 Å². The number of hydrogen-bond acceptors (Lipinski definition) is 13. The van der Waals surface area contributed by atoms with Crippen molar-refractivity contribution in [3.63, 3.8) is 0 Å². The second-order valence-electron chi connectivity index (χ2n) is 14.0. The second-order valence-corrected chi connectivity index (χ2v) is 14.0. The fourth-order valence-corrected chi connectivity index (χ4v) is 6.66. The molecule has 13 heteroatoms. The Hall–Kier alpha value is -1.58. The number of fused-ring (bicyclic) bond motifs is 1. The smallest absolute Gasteiger partial charge is 0.453 e. The predicted octanol–water partition coefficient (Wildman–Crippen LogP) is 4.87. The zero-order valence-corrected chi connectivity index (χ0v) is 30.1. The van der Waals surface area contributed by atoms with E-state index < -0.39 is 86.2 Å². The van der Waals surface area contributed by atoms with Crippen LogP contribution in [0.5, 0.6) is 0 Å². The Labute approximate surface area is 286 Å². The summed E-state index contributed by atoms with van der Waals surface area (Å²) in [6, 6.07) is 0. The normalized spacial score (nSPS) is 33.8. The number of rotatable bonds is 19. The van der Waals surface area contributed by atoms with E-state index in [1.165, 1.54) is 59.2 Å². The molecule has 3 heterocycles. The molecular formula is C35H62O13. The largest absolute Gasteiger partial charge is 0.509 e. The molecule has 0 spiro atoms. The van der Waals surface area contributed by atoms with Gasteiger partial charge in [-0.05, 0) is 25.2 Å². The molecule has 3 saturated heterocycles. The maximum atomic E-state index is 13.5. The van der Waals surface area contributed by atoms with Gasteiger partial charge in [0.25, 0.3) is 0 Å². The summed E-state index contributed by atoms with van der Waals surface area (Å²) in [5, 5.41) is 20.8. The molecule has 13 nitrogen and oxygen atoms in total. The van der Waals surface area contributed by atoms with Crippen molar-refractivity contribution < 1.29 is 62.4 Å². The predicted molar refractivity (Wildman–Crippen MR) is 174 cm³/mol. The molecule has 48 heavy (non-hydrogen) atoms. The van der Waals surface area contributed by atoms with Gasteiger partial charge in [-0.2, -0.15) is 0 Å². The van der Waals surface area contributed by atoms with Crippen molar-refractivity contribution in [2.45, 2.75) is 167 Å². The Morgan fingerprint density at radius 3 is 1.98 bits per heavy atom. The Balaban J connectivity index is 1.68. The van der Waals surface area contributed by atoms with E-state index in [4.69, 9.17) is 42.6 Å².